The summed E-state index contributed by atoms with van der Waals surface area (Å²) < 4.78 is 0. The molecule has 1 aliphatic carbocycles. The summed E-state index contributed by atoms with van der Waals surface area (Å²) in [6.07, 6.45) is 9.29. The summed E-state index contributed by atoms with van der Waals surface area (Å²) in [5.74, 6) is 1.08. The summed E-state index contributed by atoms with van der Waals surface area (Å²) >= 11 is 0. The topological polar surface area (TPSA) is 26.0 Å². The number of nitrogens with two attached hydrogens (primary N) is 1. The summed E-state index contributed by atoms with van der Waals surface area (Å²) in [6, 6.07) is 0.358. The van der Waals surface area contributed by atoms with Crippen LogP contribution in [0.4, 0.5) is 0 Å². The molecule has 0 radical (unpaired) electrons. The lowest BCUT2D eigenvalue weighted by Crippen LogP contribution is -2.19. The molecule has 0 saturated heterocycles. The molecule has 1 heteroatoms. The first-order valence-corrected chi connectivity index (χ1v) is 5.58. The minimum Gasteiger partial charge on any atom is -0.327 e. The second-order valence-electron chi connectivity index (χ2n) is 4.65. The van der Waals surface area contributed by atoms with Gasteiger partial charge in [0.15, 0.2) is 0 Å². The molecule has 1 nitrogen and oxygen atoms in total. The molecule has 1 fully saturated rings. The van der Waals surface area contributed by atoms with Crippen LogP contribution in [0.5, 0.6) is 0 Å². The Morgan fingerprint density at radius 3 is 2.69 bits per heavy atom. The van der Waals surface area contributed by atoms with Gasteiger partial charge in [-0.2, -0.15) is 0 Å². The Hall–Kier alpha value is -0.300. The molecule has 0 aromatic rings. The van der Waals surface area contributed by atoms with E-state index in [1.807, 2.05) is 0 Å². The lowest BCUT2D eigenvalue weighted by molar-refractivity contribution is 0.534. The van der Waals surface area contributed by atoms with Crippen molar-refractivity contribution in [3.8, 4) is 0 Å². The van der Waals surface area contributed by atoms with Crippen LogP contribution in [-0.4, -0.2) is 6.04 Å². The highest BCUT2D eigenvalue weighted by Crippen LogP contribution is 2.34. The zero-order valence-electron chi connectivity index (χ0n) is 8.89. The molecular formula is C12H23N. The Labute approximate surface area is 82.4 Å². The first kappa shape index (κ1) is 10.8. The molecular weight excluding hydrogens is 158 g/mol. The normalized spacial score (nSPS) is 18.6. The van der Waals surface area contributed by atoms with Gasteiger partial charge in [-0.3, -0.25) is 0 Å². The van der Waals surface area contributed by atoms with E-state index in [9.17, 15) is 0 Å². The van der Waals surface area contributed by atoms with Gasteiger partial charge in [-0.05, 0) is 25.7 Å². The lowest BCUT2D eigenvalue weighted by atomic mass is 10.0. The zero-order chi connectivity index (χ0) is 9.68. The van der Waals surface area contributed by atoms with E-state index in [4.69, 9.17) is 5.73 Å². The fraction of sp³-hybridized carbons (Fsp3) is 0.833. The summed E-state index contributed by atoms with van der Waals surface area (Å²) in [5.41, 5.74) is 7.16. The highest BCUT2D eigenvalue weighted by Gasteiger charge is 2.19. The molecule has 1 rings (SSSR count). The van der Waals surface area contributed by atoms with Crippen molar-refractivity contribution in [1.29, 1.82) is 0 Å². The van der Waals surface area contributed by atoms with E-state index < -0.39 is 0 Å². The molecule has 0 amide bonds. The van der Waals surface area contributed by atoms with E-state index in [-0.39, 0.29) is 0 Å². The van der Waals surface area contributed by atoms with E-state index in [2.05, 4.69) is 13.5 Å². The van der Waals surface area contributed by atoms with E-state index in [0.717, 1.165) is 12.3 Å². The van der Waals surface area contributed by atoms with Crippen LogP contribution in [0, 0.1) is 5.92 Å². The van der Waals surface area contributed by atoms with Gasteiger partial charge in [-0.25, -0.2) is 0 Å². The summed E-state index contributed by atoms with van der Waals surface area (Å²) in [4.78, 5) is 0. The Morgan fingerprint density at radius 2 is 2.15 bits per heavy atom. The molecule has 0 aliphatic heterocycles. The number of unbranched alkanes of at least 4 members (excludes halogenated alkanes) is 1. The fourth-order valence-corrected chi connectivity index (χ4v) is 1.80. The molecule has 1 aliphatic rings. The summed E-state index contributed by atoms with van der Waals surface area (Å²) in [7, 11) is 0. The average molecular weight is 181 g/mol. The predicted molar refractivity (Wildman–Crippen MR) is 58.6 cm³/mol. The molecule has 1 atom stereocenters. The highest BCUT2D eigenvalue weighted by molar-refractivity contribution is 4.91. The fourth-order valence-electron chi connectivity index (χ4n) is 1.80. The lowest BCUT2D eigenvalue weighted by Gasteiger charge is -2.10. The minimum absolute atomic E-state index is 0.358. The maximum atomic E-state index is 5.95. The van der Waals surface area contributed by atoms with Crippen molar-refractivity contribution in [2.24, 2.45) is 11.7 Å². The van der Waals surface area contributed by atoms with E-state index >= 15 is 0 Å². The maximum absolute atomic E-state index is 5.95. The van der Waals surface area contributed by atoms with Crippen LogP contribution in [0.1, 0.15) is 51.9 Å². The van der Waals surface area contributed by atoms with Crippen molar-refractivity contribution < 1.29 is 0 Å². The third kappa shape index (κ3) is 5.87. The van der Waals surface area contributed by atoms with Crippen molar-refractivity contribution in [2.75, 3.05) is 0 Å². The van der Waals surface area contributed by atoms with Crippen molar-refractivity contribution in [3.05, 3.63) is 12.2 Å². The number of rotatable bonds is 7. The average Bonchev–Trinajstić information content (AvgIpc) is 2.80. The minimum atomic E-state index is 0.358. The van der Waals surface area contributed by atoms with Gasteiger partial charge in [0.2, 0.25) is 0 Å². The smallest absolute Gasteiger partial charge is 0.00758 e. The molecule has 1 saturated carbocycles. The van der Waals surface area contributed by atoms with Crippen LogP contribution in [-0.2, 0) is 0 Å². The molecule has 0 heterocycles. The van der Waals surface area contributed by atoms with Crippen LogP contribution in [0.25, 0.3) is 0 Å². The van der Waals surface area contributed by atoms with Gasteiger partial charge in [0.1, 0.15) is 0 Å². The Kier molecular flexibility index (Phi) is 4.51. The van der Waals surface area contributed by atoms with Crippen LogP contribution in [0.3, 0.4) is 0 Å². The molecule has 0 bridgehead atoms. The molecule has 0 aromatic carbocycles. The second kappa shape index (κ2) is 5.43. The van der Waals surface area contributed by atoms with Gasteiger partial charge < -0.3 is 5.73 Å². The number of hydrogen-bond donors (Lipinski definition) is 1. The Balaban J connectivity index is 1.88. The molecule has 76 valence electrons. The third-order valence-corrected chi connectivity index (χ3v) is 2.74. The van der Waals surface area contributed by atoms with Gasteiger partial charge in [0, 0.05) is 6.04 Å². The van der Waals surface area contributed by atoms with Crippen molar-refractivity contribution in [1.82, 2.24) is 0 Å². The molecule has 0 spiro atoms. The van der Waals surface area contributed by atoms with Gasteiger partial charge in [-0.1, -0.05) is 37.7 Å². The van der Waals surface area contributed by atoms with Crippen LogP contribution >= 0.6 is 0 Å². The highest BCUT2D eigenvalue weighted by atomic mass is 14.6. The quantitative estimate of drug-likeness (QED) is 0.473. The molecule has 1 unspecified atom stereocenters. The van der Waals surface area contributed by atoms with Crippen molar-refractivity contribution >= 4 is 0 Å². The summed E-state index contributed by atoms with van der Waals surface area (Å²) in [6.45, 7) is 5.94. The van der Waals surface area contributed by atoms with Crippen LogP contribution in [0.15, 0.2) is 12.2 Å². The second-order valence-corrected chi connectivity index (χ2v) is 4.65. The third-order valence-electron chi connectivity index (χ3n) is 2.74. The van der Waals surface area contributed by atoms with Crippen LogP contribution < -0.4 is 5.73 Å². The van der Waals surface area contributed by atoms with Crippen molar-refractivity contribution in [2.45, 2.75) is 57.9 Å². The molecule has 13 heavy (non-hydrogen) atoms. The van der Waals surface area contributed by atoms with Gasteiger partial charge in [-0.15, -0.1) is 6.58 Å². The standard InChI is InChI=1S/C12H23N/c1-10(2)9-12(13)6-4-3-5-11-7-8-11/h11-12H,1,3-9,13H2,2H3. The van der Waals surface area contributed by atoms with E-state index in [1.54, 1.807) is 0 Å². The monoisotopic (exact) mass is 181 g/mol. The number of hydrogen-bond acceptors (Lipinski definition) is 1. The maximum Gasteiger partial charge on any atom is 0.00758 e. The zero-order valence-corrected chi connectivity index (χ0v) is 8.89. The Morgan fingerprint density at radius 1 is 1.46 bits per heavy atom. The van der Waals surface area contributed by atoms with Crippen molar-refractivity contribution in [3.63, 3.8) is 0 Å². The molecule has 2 N–H and O–H groups in total. The first-order valence-electron chi connectivity index (χ1n) is 5.58. The first-order chi connectivity index (χ1) is 6.18. The SMILES string of the molecule is C=C(C)CC(N)CCCCC1CC1. The Bertz CT molecular complexity index is 159. The van der Waals surface area contributed by atoms with E-state index in [0.29, 0.717) is 6.04 Å². The predicted octanol–water partition coefficient (Wildman–Crippen LogP) is 3.25. The van der Waals surface area contributed by atoms with Gasteiger partial charge in [0.05, 0.1) is 0 Å². The van der Waals surface area contributed by atoms with Gasteiger partial charge in [0.25, 0.3) is 0 Å². The van der Waals surface area contributed by atoms with Crippen LogP contribution in [0.2, 0.25) is 0 Å². The van der Waals surface area contributed by atoms with E-state index in [1.165, 1.54) is 44.1 Å². The summed E-state index contributed by atoms with van der Waals surface area (Å²) in [5, 5.41) is 0. The largest absolute Gasteiger partial charge is 0.327 e. The van der Waals surface area contributed by atoms with Gasteiger partial charge >= 0.3 is 0 Å². The molecule has 0 aromatic heterocycles.